The van der Waals surface area contributed by atoms with Crippen LogP contribution in [0.4, 0.5) is 10.3 Å². The van der Waals surface area contributed by atoms with Crippen molar-refractivity contribution in [2.45, 2.75) is 17.0 Å². The molecule has 0 bridgehead atoms. The van der Waals surface area contributed by atoms with Crippen LogP contribution in [-0.2, 0) is 0 Å². The smallest absolute Gasteiger partial charge is 0.217 e. The predicted octanol–water partition coefficient (Wildman–Crippen LogP) is 2.64. The molecule has 0 aliphatic carbocycles. The summed E-state index contributed by atoms with van der Waals surface area (Å²) in [6, 6.07) is 6.79. The number of benzene rings is 1. The van der Waals surface area contributed by atoms with E-state index in [1.807, 2.05) is 19.1 Å². The fraction of sp³-hybridized carbons (Fsp3) is 0.143. The highest BCUT2D eigenvalue weighted by atomic mass is 32.2. The van der Waals surface area contributed by atoms with Gasteiger partial charge in [-0.15, -0.1) is 10.2 Å². The van der Waals surface area contributed by atoms with Crippen LogP contribution in [0.1, 0.15) is 5.69 Å². The van der Waals surface area contributed by atoms with Crippen LogP contribution in [0.25, 0.3) is 16.7 Å². The number of aryl methyl sites for hydroxylation is 1. The van der Waals surface area contributed by atoms with Crippen LogP contribution in [0.5, 0.6) is 0 Å². The SMILES string of the molecule is CNc1nc2cc(Sc3nnc4ccc(C)nn34)c(F)cc2[nH]1. The predicted molar refractivity (Wildman–Crippen MR) is 85.2 cm³/mol. The van der Waals surface area contributed by atoms with Crippen molar-refractivity contribution in [3.63, 3.8) is 0 Å². The molecule has 0 saturated heterocycles. The van der Waals surface area contributed by atoms with Crippen molar-refractivity contribution in [1.82, 2.24) is 29.8 Å². The van der Waals surface area contributed by atoms with E-state index in [9.17, 15) is 4.39 Å². The number of aromatic amines is 1. The summed E-state index contributed by atoms with van der Waals surface area (Å²) in [6.45, 7) is 1.88. The lowest BCUT2D eigenvalue weighted by atomic mass is 10.3. The maximum absolute atomic E-state index is 14.3. The molecule has 0 radical (unpaired) electrons. The molecule has 3 heterocycles. The lowest BCUT2D eigenvalue weighted by Gasteiger charge is -2.02. The fourth-order valence-corrected chi connectivity index (χ4v) is 3.06. The maximum Gasteiger partial charge on any atom is 0.217 e. The van der Waals surface area contributed by atoms with Gasteiger partial charge in [-0.05, 0) is 36.9 Å². The zero-order valence-corrected chi connectivity index (χ0v) is 13.1. The average molecular weight is 329 g/mol. The summed E-state index contributed by atoms with van der Waals surface area (Å²) in [6.07, 6.45) is 0. The number of imidazole rings is 1. The minimum absolute atomic E-state index is 0.349. The van der Waals surface area contributed by atoms with E-state index < -0.39 is 0 Å². The summed E-state index contributed by atoms with van der Waals surface area (Å²) in [7, 11) is 1.75. The molecule has 2 N–H and O–H groups in total. The van der Waals surface area contributed by atoms with E-state index in [-0.39, 0.29) is 5.82 Å². The summed E-state index contributed by atoms with van der Waals surface area (Å²) in [5.41, 5.74) is 2.77. The second-order valence-electron chi connectivity index (χ2n) is 4.96. The van der Waals surface area contributed by atoms with Crippen molar-refractivity contribution in [2.75, 3.05) is 12.4 Å². The molecule has 4 rings (SSSR count). The Morgan fingerprint density at radius 1 is 1.26 bits per heavy atom. The van der Waals surface area contributed by atoms with Crippen molar-refractivity contribution in [1.29, 1.82) is 0 Å². The van der Waals surface area contributed by atoms with E-state index in [1.165, 1.54) is 17.8 Å². The third-order valence-electron chi connectivity index (χ3n) is 3.34. The molecule has 0 fully saturated rings. The second kappa shape index (κ2) is 5.20. The van der Waals surface area contributed by atoms with Crippen molar-refractivity contribution in [3.8, 4) is 0 Å². The molecule has 0 spiro atoms. The summed E-state index contributed by atoms with van der Waals surface area (Å²) >= 11 is 1.17. The summed E-state index contributed by atoms with van der Waals surface area (Å²) in [4.78, 5) is 7.75. The first kappa shape index (κ1) is 13.9. The summed E-state index contributed by atoms with van der Waals surface area (Å²) < 4.78 is 15.9. The number of hydrogen-bond acceptors (Lipinski definition) is 6. The fourth-order valence-electron chi connectivity index (χ4n) is 2.23. The number of nitrogens with zero attached hydrogens (tertiary/aromatic N) is 5. The average Bonchev–Trinajstić information content (AvgIpc) is 3.11. The van der Waals surface area contributed by atoms with Crippen LogP contribution >= 0.6 is 11.8 Å². The van der Waals surface area contributed by atoms with Crippen molar-refractivity contribution < 1.29 is 4.39 Å². The number of aromatic nitrogens is 6. The minimum atomic E-state index is -0.349. The van der Waals surface area contributed by atoms with E-state index in [4.69, 9.17) is 0 Å². The number of nitrogens with one attached hydrogen (secondary N) is 2. The monoisotopic (exact) mass is 329 g/mol. The Balaban J connectivity index is 1.79. The minimum Gasteiger partial charge on any atom is -0.359 e. The van der Waals surface area contributed by atoms with Crippen LogP contribution in [-0.4, -0.2) is 36.8 Å². The second-order valence-corrected chi connectivity index (χ2v) is 5.97. The third-order valence-corrected chi connectivity index (χ3v) is 4.31. The van der Waals surface area contributed by atoms with Gasteiger partial charge in [-0.1, -0.05) is 0 Å². The molecule has 7 nitrogen and oxygen atoms in total. The highest BCUT2D eigenvalue weighted by Crippen LogP contribution is 2.31. The molecule has 0 unspecified atom stereocenters. The zero-order valence-electron chi connectivity index (χ0n) is 12.3. The highest BCUT2D eigenvalue weighted by Gasteiger charge is 2.14. The van der Waals surface area contributed by atoms with E-state index in [1.54, 1.807) is 17.6 Å². The molecule has 0 saturated carbocycles. The standard InChI is InChI=1S/C14H12FN7S/c1-7-3-4-12-19-20-14(22(12)21-7)23-11-6-10-9(5-8(11)15)17-13(16-2)18-10/h3-6H,1-2H3,(H2,16,17,18). The molecule has 4 aromatic rings. The Morgan fingerprint density at radius 3 is 2.96 bits per heavy atom. The van der Waals surface area contributed by atoms with Gasteiger partial charge in [0.25, 0.3) is 0 Å². The Labute approximate surface area is 134 Å². The maximum atomic E-state index is 14.3. The van der Waals surface area contributed by atoms with Gasteiger partial charge in [0.2, 0.25) is 11.1 Å². The van der Waals surface area contributed by atoms with Gasteiger partial charge in [0.1, 0.15) is 5.82 Å². The van der Waals surface area contributed by atoms with E-state index in [0.29, 0.717) is 32.7 Å². The van der Waals surface area contributed by atoms with Crippen LogP contribution in [0.2, 0.25) is 0 Å². The Bertz CT molecular complexity index is 1020. The van der Waals surface area contributed by atoms with Crippen molar-refractivity contribution in [3.05, 3.63) is 35.8 Å². The first-order valence-corrected chi connectivity index (χ1v) is 7.69. The highest BCUT2D eigenvalue weighted by molar-refractivity contribution is 7.99. The number of H-pyrrole nitrogens is 1. The number of anilines is 1. The van der Waals surface area contributed by atoms with Gasteiger partial charge in [0.05, 0.1) is 21.6 Å². The van der Waals surface area contributed by atoms with Gasteiger partial charge >= 0.3 is 0 Å². The van der Waals surface area contributed by atoms with E-state index in [0.717, 1.165) is 5.69 Å². The summed E-state index contributed by atoms with van der Waals surface area (Å²) in [5.74, 6) is 0.241. The Morgan fingerprint density at radius 2 is 2.13 bits per heavy atom. The molecule has 3 aromatic heterocycles. The molecule has 1 aromatic carbocycles. The number of rotatable bonds is 3. The van der Waals surface area contributed by atoms with Crippen LogP contribution < -0.4 is 5.32 Å². The topological polar surface area (TPSA) is 83.8 Å². The van der Waals surface area contributed by atoms with E-state index in [2.05, 4.69) is 30.6 Å². The first-order valence-electron chi connectivity index (χ1n) is 6.88. The molecule has 0 atom stereocenters. The van der Waals surface area contributed by atoms with E-state index >= 15 is 0 Å². The van der Waals surface area contributed by atoms with Crippen molar-refractivity contribution in [2.24, 2.45) is 0 Å². The van der Waals surface area contributed by atoms with Gasteiger partial charge in [-0.2, -0.15) is 9.61 Å². The number of hydrogen-bond donors (Lipinski definition) is 2. The van der Waals surface area contributed by atoms with Gasteiger partial charge in [-0.25, -0.2) is 9.37 Å². The number of fused-ring (bicyclic) bond motifs is 2. The Kier molecular flexibility index (Phi) is 3.15. The Hall–Kier alpha value is -2.68. The normalized spacial score (nSPS) is 11.4. The largest absolute Gasteiger partial charge is 0.359 e. The van der Waals surface area contributed by atoms with Gasteiger partial charge in [0.15, 0.2) is 5.65 Å². The van der Waals surface area contributed by atoms with Gasteiger partial charge in [0, 0.05) is 13.1 Å². The molecule has 0 aliphatic heterocycles. The summed E-state index contributed by atoms with van der Waals surface area (Å²) in [5, 5.41) is 15.9. The van der Waals surface area contributed by atoms with Crippen LogP contribution in [0.3, 0.4) is 0 Å². The first-order chi connectivity index (χ1) is 11.1. The molecule has 0 amide bonds. The molecular weight excluding hydrogens is 317 g/mol. The molecule has 0 aliphatic rings. The molecule has 116 valence electrons. The molecular formula is C14H12FN7S. The van der Waals surface area contributed by atoms with Crippen LogP contribution in [0, 0.1) is 12.7 Å². The molecule has 9 heteroatoms. The van der Waals surface area contributed by atoms with Gasteiger partial charge < -0.3 is 10.3 Å². The van der Waals surface area contributed by atoms with Crippen molar-refractivity contribution >= 4 is 34.4 Å². The lowest BCUT2D eigenvalue weighted by Crippen LogP contribution is -1.96. The van der Waals surface area contributed by atoms with Gasteiger partial charge in [-0.3, -0.25) is 0 Å². The number of halogens is 1. The quantitative estimate of drug-likeness (QED) is 0.601. The zero-order chi connectivity index (χ0) is 16.0. The molecule has 23 heavy (non-hydrogen) atoms. The third kappa shape index (κ3) is 2.38. The van der Waals surface area contributed by atoms with Crippen LogP contribution in [0.15, 0.2) is 34.3 Å². The lowest BCUT2D eigenvalue weighted by molar-refractivity contribution is 0.603.